The number of hydrogen-bond donors (Lipinski definition) is 0. The summed E-state index contributed by atoms with van der Waals surface area (Å²) in [5.74, 6) is -0.276. The quantitative estimate of drug-likeness (QED) is 0.133. The number of carbonyl (C=O) groups is 2. The zero-order chi connectivity index (χ0) is 26.9. The lowest BCUT2D eigenvalue weighted by molar-refractivity contribution is -0.132. The monoisotopic (exact) mass is 510 g/mol. The van der Waals surface area contributed by atoms with Gasteiger partial charge in [-0.05, 0) is 50.0 Å². The number of benzene rings is 6. The lowest BCUT2D eigenvalue weighted by atomic mass is 9.79. The molecule has 0 spiro atoms. The molecule has 6 aromatic rings. The van der Waals surface area contributed by atoms with Crippen LogP contribution in [0.15, 0.2) is 115 Å². The summed E-state index contributed by atoms with van der Waals surface area (Å²) in [5.41, 5.74) is 2.66. The highest BCUT2D eigenvalue weighted by Gasteiger charge is 2.29. The van der Waals surface area contributed by atoms with Crippen molar-refractivity contribution in [3.8, 4) is 11.5 Å². The molecule has 39 heavy (non-hydrogen) atoms. The Balaban J connectivity index is 1.78. The molecule has 4 nitrogen and oxygen atoms in total. The van der Waals surface area contributed by atoms with Crippen molar-refractivity contribution >= 4 is 44.3 Å². The SMILES string of the molecule is CC(=O)Oc1ccc2ccccc2c1C(c1ccc2ccccc2c1)c1c(OC(C)=O)ccc2ccccc12. The van der Waals surface area contributed by atoms with Crippen LogP contribution in [0.1, 0.15) is 36.5 Å². The second kappa shape index (κ2) is 10.1. The first-order chi connectivity index (χ1) is 19.0. The van der Waals surface area contributed by atoms with E-state index in [1.807, 2.05) is 84.9 Å². The van der Waals surface area contributed by atoms with E-state index in [4.69, 9.17) is 9.47 Å². The van der Waals surface area contributed by atoms with Crippen LogP contribution in [-0.4, -0.2) is 11.9 Å². The predicted octanol–water partition coefficient (Wildman–Crippen LogP) is 8.18. The molecule has 0 aliphatic carbocycles. The largest absolute Gasteiger partial charge is 0.426 e. The van der Waals surface area contributed by atoms with Gasteiger partial charge in [0.25, 0.3) is 0 Å². The van der Waals surface area contributed by atoms with Crippen LogP contribution in [0.4, 0.5) is 0 Å². The van der Waals surface area contributed by atoms with Crippen molar-refractivity contribution in [2.45, 2.75) is 19.8 Å². The molecule has 0 saturated carbocycles. The van der Waals surface area contributed by atoms with E-state index in [0.29, 0.717) is 11.5 Å². The van der Waals surface area contributed by atoms with Gasteiger partial charge in [0, 0.05) is 30.9 Å². The van der Waals surface area contributed by atoms with Crippen molar-refractivity contribution in [2.24, 2.45) is 0 Å². The van der Waals surface area contributed by atoms with Gasteiger partial charge in [0.2, 0.25) is 0 Å². The van der Waals surface area contributed by atoms with Crippen LogP contribution in [0, 0.1) is 0 Å². The molecule has 6 rings (SSSR count). The molecular weight excluding hydrogens is 484 g/mol. The molecule has 190 valence electrons. The number of ether oxygens (including phenoxy) is 2. The Kier molecular flexibility index (Phi) is 6.29. The molecule has 0 N–H and O–H groups in total. The Hall–Kier alpha value is -4.96. The highest BCUT2D eigenvalue weighted by Crippen LogP contribution is 2.47. The maximum atomic E-state index is 12.3. The molecule has 4 heteroatoms. The van der Waals surface area contributed by atoms with Gasteiger partial charge >= 0.3 is 11.9 Å². The number of carbonyl (C=O) groups excluding carboxylic acids is 2. The summed E-state index contributed by atoms with van der Waals surface area (Å²) in [6.07, 6.45) is 0. The number of esters is 2. The molecule has 0 aromatic heterocycles. The molecule has 0 fully saturated rings. The summed E-state index contributed by atoms with van der Waals surface area (Å²) in [6.45, 7) is 2.82. The van der Waals surface area contributed by atoms with Gasteiger partial charge in [0.05, 0.1) is 0 Å². The van der Waals surface area contributed by atoms with E-state index in [9.17, 15) is 9.59 Å². The minimum atomic E-state index is -0.421. The third-order valence-corrected chi connectivity index (χ3v) is 7.05. The molecule has 0 bridgehead atoms. The molecule has 0 unspecified atom stereocenters. The van der Waals surface area contributed by atoms with Crippen molar-refractivity contribution < 1.29 is 19.1 Å². The fourth-order valence-electron chi connectivity index (χ4n) is 5.50. The van der Waals surface area contributed by atoms with E-state index in [1.165, 1.54) is 13.8 Å². The summed E-state index contributed by atoms with van der Waals surface area (Å²) in [7, 11) is 0. The average Bonchev–Trinajstić information content (AvgIpc) is 2.94. The van der Waals surface area contributed by atoms with Gasteiger partial charge in [-0.15, -0.1) is 0 Å². The van der Waals surface area contributed by atoms with Gasteiger partial charge in [0.15, 0.2) is 0 Å². The van der Waals surface area contributed by atoms with Crippen molar-refractivity contribution in [3.05, 3.63) is 132 Å². The smallest absolute Gasteiger partial charge is 0.308 e. The Bertz CT molecular complexity index is 1790. The number of fused-ring (bicyclic) bond motifs is 3. The van der Waals surface area contributed by atoms with Gasteiger partial charge in [0.1, 0.15) is 11.5 Å². The van der Waals surface area contributed by atoms with Crippen LogP contribution in [0.2, 0.25) is 0 Å². The first-order valence-corrected chi connectivity index (χ1v) is 12.9. The van der Waals surface area contributed by atoms with E-state index in [2.05, 4.69) is 30.3 Å². The lowest BCUT2D eigenvalue weighted by Gasteiger charge is -2.26. The molecule has 0 radical (unpaired) electrons. The van der Waals surface area contributed by atoms with Gasteiger partial charge in [-0.25, -0.2) is 0 Å². The molecular formula is C35H26O4. The van der Waals surface area contributed by atoms with Crippen LogP contribution < -0.4 is 9.47 Å². The van der Waals surface area contributed by atoms with E-state index in [0.717, 1.165) is 49.0 Å². The van der Waals surface area contributed by atoms with E-state index >= 15 is 0 Å². The average molecular weight is 511 g/mol. The highest BCUT2D eigenvalue weighted by atomic mass is 16.5. The first-order valence-electron chi connectivity index (χ1n) is 12.9. The van der Waals surface area contributed by atoms with E-state index < -0.39 is 17.9 Å². The second-order valence-electron chi connectivity index (χ2n) is 9.62. The Morgan fingerprint density at radius 3 is 1.46 bits per heavy atom. The normalized spacial score (nSPS) is 11.3. The van der Waals surface area contributed by atoms with Gasteiger partial charge in [-0.3, -0.25) is 9.59 Å². The van der Waals surface area contributed by atoms with Crippen LogP contribution in [0.5, 0.6) is 11.5 Å². The fraction of sp³-hybridized carbons (Fsp3) is 0.0857. The fourth-order valence-corrected chi connectivity index (χ4v) is 5.50. The van der Waals surface area contributed by atoms with Gasteiger partial charge in [-0.2, -0.15) is 0 Å². The Morgan fingerprint density at radius 2 is 0.949 bits per heavy atom. The lowest BCUT2D eigenvalue weighted by Crippen LogP contribution is -2.13. The van der Waals surface area contributed by atoms with Crippen molar-refractivity contribution in [1.29, 1.82) is 0 Å². The molecule has 0 aliphatic rings. The minimum absolute atomic E-state index is 0.401. The zero-order valence-corrected chi connectivity index (χ0v) is 21.7. The third kappa shape index (κ3) is 4.62. The standard InChI is InChI=1S/C35H26O4/c1-22(36)38-31-19-17-25-10-5-7-13-29(25)34(31)33(28-16-15-24-9-3-4-12-27(24)21-28)35-30-14-8-6-11-26(30)18-20-32(35)39-23(2)37/h3-21,33H,1-2H3. The zero-order valence-electron chi connectivity index (χ0n) is 21.7. The predicted molar refractivity (Wildman–Crippen MR) is 155 cm³/mol. The van der Waals surface area contributed by atoms with Gasteiger partial charge in [-0.1, -0.05) is 103 Å². The molecule has 0 saturated heterocycles. The maximum absolute atomic E-state index is 12.3. The first kappa shape index (κ1) is 24.4. The topological polar surface area (TPSA) is 52.6 Å². The summed E-state index contributed by atoms with van der Waals surface area (Å²) in [4.78, 5) is 24.6. The number of rotatable bonds is 5. The summed E-state index contributed by atoms with van der Waals surface area (Å²) in [5, 5.41) is 6.15. The Morgan fingerprint density at radius 1 is 0.513 bits per heavy atom. The van der Waals surface area contributed by atoms with E-state index in [-0.39, 0.29) is 0 Å². The second-order valence-corrected chi connectivity index (χ2v) is 9.62. The van der Waals surface area contributed by atoms with Crippen LogP contribution in [-0.2, 0) is 9.59 Å². The highest BCUT2D eigenvalue weighted by molar-refractivity contribution is 5.95. The summed E-state index contributed by atoms with van der Waals surface area (Å²) in [6, 6.07) is 38.3. The summed E-state index contributed by atoms with van der Waals surface area (Å²) < 4.78 is 11.7. The molecule has 6 aromatic carbocycles. The molecule has 0 atom stereocenters. The van der Waals surface area contributed by atoms with Crippen LogP contribution >= 0.6 is 0 Å². The van der Waals surface area contributed by atoms with Crippen LogP contribution in [0.25, 0.3) is 32.3 Å². The summed E-state index contributed by atoms with van der Waals surface area (Å²) >= 11 is 0. The molecule has 0 aliphatic heterocycles. The van der Waals surface area contributed by atoms with Gasteiger partial charge < -0.3 is 9.47 Å². The van der Waals surface area contributed by atoms with Crippen LogP contribution in [0.3, 0.4) is 0 Å². The van der Waals surface area contributed by atoms with Crippen molar-refractivity contribution in [3.63, 3.8) is 0 Å². The molecule has 0 amide bonds. The minimum Gasteiger partial charge on any atom is -0.426 e. The van der Waals surface area contributed by atoms with Crippen molar-refractivity contribution in [1.82, 2.24) is 0 Å². The number of hydrogen-bond acceptors (Lipinski definition) is 4. The third-order valence-electron chi connectivity index (χ3n) is 7.05. The molecule has 0 heterocycles. The van der Waals surface area contributed by atoms with E-state index in [1.54, 1.807) is 0 Å². The maximum Gasteiger partial charge on any atom is 0.308 e. The van der Waals surface area contributed by atoms with Crippen molar-refractivity contribution in [2.75, 3.05) is 0 Å². The Labute approximate surface area is 226 Å².